The smallest absolute Gasteiger partial charge is 0.305 e. The highest BCUT2D eigenvalue weighted by Gasteiger charge is 2.25. The van der Waals surface area contributed by atoms with Gasteiger partial charge in [0.05, 0.1) is 26.4 Å². The van der Waals surface area contributed by atoms with Crippen molar-refractivity contribution in [1.29, 1.82) is 0 Å². The lowest BCUT2D eigenvalue weighted by molar-refractivity contribution is -0.139. The number of benzene rings is 2. The largest absolute Gasteiger partial charge is 0.481 e. The lowest BCUT2D eigenvalue weighted by Crippen LogP contribution is -2.42. The molecule has 1 amide bonds. The van der Waals surface area contributed by atoms with Gasteiger partial charge in [-0.2, -0.15) is 4.80 Å². The van der Waals surface area contributed by atoms with Crippen molar-refractivity contribution in [2.24, 2.45) is 0 Å². The SMILES string of the molecule is O=C(O)CC(NC(=O)SCCc1ccccc1)C(=O)Cn1nnc(Sc2c(Cl)ccc(Cl)c2Cl)n1. The van der Waals surface area contributed by atoms with Crippen LogP contribution in [-0.2, 0) is 22.6 Å². The number of carboxylic acid groups (broad SMARTS) is 1. The molecule has 0 aliphatic carbocycles. The Morgan fingerprint density at radius 1 is 1.06 bits per heavy atom. The van der Waals surface area contributed by atoms with E-state index in [0.29, 0.717) is 27.1 Å². The zero-order valence-corrected chi connectivity index (χ0v) is 21.8. The predicted molar refractivity (Wildman–Crippen MR) is 136 cm³/mol. The van der Waals surface area contributed by atoms with Gasteiger partial charge in [-0.25, -0.2) is 0 Å². The number of hydrogen-bond acceptors (Lipinski definition) is 8. The minimum atomic E-state index is -1.25. The maximum absolute atomic E-state index is 12.7. The minimum absolute atomic E-state index is 0.152. The topological polar surface area (TPSA) is 127 Å². The first-order valence-corrected chi connectivity index (χ1v) is 13.0. The number of aromatic nitrogens is 4. The summed E-state index contributed by atoms with van der Waals surface area (Å²) in [5, 5.41) is 23.9. The van der Waals surface area contributed by atoms with Crippen LogP contribution in [-0.4, -0.2) is 54.1 Å². The first-order valence-electron chi connectivity index (χ1n) is 10.0. The van der Waals surface area contributed by atoms with E-state index in [9.17, 15) is 19.5 Å². The zero-order valence-electron chi connectivity index (χ0n) is 17.9. The van der Waals surface area contributed by atoms with Gasteiger partial charge in [-0.1, -0.05) is 76.9 Å². The summed E-state index contributed by atoms with van der Waals surface area (Å²) in [7, 11) is 0. The van der Waals surface area contributed by atoms with Crippen LogP contribution in [0.2, 0.25) is 15.1 Å². The molecule has 35 heavy (non-hydrogen) atoms. The molecule has 184 valence electrons. The van der Waals surface area contributed by atoms with Gasteiger partial charge in [0, 0.05) is 5.75 Å². The van der Waals surface area contributed by atoms with Crippen molar-refractivity contribution in [3.63, 3.8) is 0 Å². The molecule has 0 saturated carbocycles. The Bertz CT molecular complexity index is 1210. The van der Waals surface area contributed by atoms with E-state index in [4.69, 9.17) is 34.8 Å². The average Bonchev–Trinajstić information content (AvgIpc) is 3.26. The monoisotopic (exact) mass is 573 g/mol. The molecule has 1 heterocycles. The molecule has 1 unspecified atom stereocenters. The number of nitrogens with one attached hydrogen (secondary N) is 1. The second-order valence-corrected chi connectivity index (χ2v) is 10.2. The van der Waals surface area contributed by atoms with Crippen LogP contribution in [0.25, 0.3) is 0 Å². The molecule has 0 saturated heterocycles. The van der Waals surface area contributed by atoms with E-state index in [1.807, 2.05) is 30.3 Å². The summed E-state index contributed by atoms with van der Waals surface area (Å²) in [5.41, 5.74) is 1.07. The summed E-state index contributed by atoms with van der Waals surface area (Å²) >= 11 is 20.3. The predicted octanol–water partition coefficient (Wildman–Crippen LogP) is 4.88. The van der Waals surface area contributed by atoms with Gasteiger partial charge in [0.25, 0.3) is 5.24 Å². The second kappa shape index (κ2) is 13.1. The Morgan fingerprint density at radius 2 is 1.77 bits per heavy atom. The van der Waals surface area contributed by atoms with Crippen LogP contribution in [0.5, 0.6) is 0 Å². The summed E-state index contributed by atoms with van der Waals surface area (Å²) in [6, 6.07) is 11.5. The van der Waals surface area contributed by atoms with Crippen molar-refractivity contribution in [2.75, 3.05) is 5.75 Å². The average molecular weight is 575 g/mol. The third kappa shape index (κ3) is 8.39. The normalized spacial score (nSPS) is 11.7. The maximum Gasteiger partial charge on any atom is 0.305 e. The highest BCUT2D eigenvalue weighted by Crippen LogP contribution is 2.40. The number of Topliss-reactive ketones (excluding diaryl/α,β-unsaturated/α-hetero) is 1. The first kappa shape index (κ1) is 27.3. The Kier molecular flexibility index (Phi) is 10.2. The molecule has 3 aromatic rings. The molecule has 0 spiro atoms. The van der Waals surface area contributed by atoms with Gasteiger partial charge >= 0.3 is 5.97 Å². The molecule has 0 radical (unpaired) electrons. The fourth-order valence-electron chi connectivity index (χ4n) is 2.79. The molecule has 1 atom stereocenters. The standard InChI is InChI=1S/C21H18Cl3N5O4S2/c22-13-6-7-14(23)19(18(13)24)35-20-26-28-29(27-20)11-16(30)15(10-17(31)32)25-21(33)34-9-8-12-4-2-1-3-5-12/h1-7,15H,8-11H2,(H,25,33)(H,31,32). The number of tetrazole rings is 1. The number of hydrogen-bond donors (Lipinski definition) is 2. The molecule has 1 aromatic heterocycles. The number of aryl methyl sites for hydroxylation is 1. The van der Waals surface area contributed by atoms with E-state index in [2.05, 4.69) is 20.7 Å². The minimum Gasteiger partial charge on any atom is -0.481 e. The zero-order chi connectivity index (χ0) is 25.4. The molecule has 3 rings (SSSR count). The summed E-state index contributed by atoms with van der Waals surface area (Å²) in [6.07, 6.45) is 0.0777. The quantitative estimate of drug-likeness (QED) is 0.308. The number of amides is 1. The number of aliphatic carboxylic acids is 1. The Balaban J connectivity index is 1.58. The molecular weight excluding hydrogens is 557 g/mol. The third-order valence-electron chi connectivity index (χ3n) is 4.45. The van der Waals surface area contributed by atoms with Crippen LogP contribution in [0.1, 0.15) is 12.0 Å². The van der Waals surface area contributed by atoms with Crippen molar-refractivity contribution >= 4 is 75.3 Å². The second-order valence-electron chi connectivity index (χ2n) is 7.01. The van der Waals surface area contributed by atoms with Crippen molar-refractivity contribution in [1.82, 2.24) is 25.5 Å². The van der Waals surface area contributed by atoms with Crippen LogP contribution < -0.4 is 5.32 Å². The van der Waals surface area contributed by atoms with Gasteiger partial charge < -0.3 is 10.4 Å². The molecule has 0 aliphatic rings. The number of nitrogens with zero attached hydrogens (tertiary/aromatic N) is 4. The summed E-state index contributed by atoms with van der Waals surface area (Å²) in [4.78, 5) is 37.7. The molecular formula is C21H18Cl3N5O4S2. The molecule has 14 heteroatoms. The number of carboxylic acids is 1. The Labute approximate surface area is 223 Å². The van der Waals surface area contributed by atoms with Crippen molar-refractivity contribution < 1.29 is 19.5 Å². The summed E-state index contributed by atoms with van der Waals surface area (Å²) in [6.45, 7) is -0.391. The van der Waals surface area contributed by atoms with Gasteiger partial charge in [-0.15, -0.1) is 10.2 Å². The van der Waals surface area contributed by atoms with E-state index in [0.717, 1.165) is 33.9 Å². The van der Waals surface area contributed by atoms with Crippen molar-refractivity contribution in [3.8, 4) is 0 Å². The molecule has 0 bridgehead atoms. The van der Waals surface area contributed by atoms with Gasteiger partial charge in [0.2, 0.25) is 5.16 Å². The van der Waals surface area contributed by atoms with Crippen molar-refractivity contribution in [2.45, 2.75) is 35.5 Å². The highest BCUT2D eigenvalue weighted by atomic mass is 35.5. The molecule has 9 nitrogen and oxygen atoms in total. The van der Waals surface area contributed by atoms with Crippen LogP contribution in [0, 0.1) is 0 Å². The summed E-state index contributed by atoms with van der Waals surface area (Å²) in [5.74, 6) is -1.34. The van der Waals surface area contributed by atoms with E-state index in [1.165, 1.54) is 0 Å². The van der Waals surface area contributed by atoms with Gasteiger partial charge in [-0.05, 0) is 41.1 Å². The van der Waals surface area contributed by atoms with Crippen LogP contribution in [0.15, 0.2) is 52.5 Å². The Hall–Kier alpha value is -2.31. The molecule has 2 aromatic carbocycles. The van der Waals surface area contributed by atoms with E-state index < -0.39 is 36.0 Å². The molecule has 0 aliphatic heterocycles. The number of halogens is 3. The lowest BCUT2D eigenvalue weighted by Gasteiger charge is -2.15. The number of thioether (sulfide) groups is 1. The van der Waals surface area contributed by atoms with E-state index >= 15 is 0 Å². The maximum atomic E-state index is 12.7. The fraction of sp³-hybridized carbons (Fsp3) is 0.238. The first-order chi connectivity index (χ1) is 16.7. The van der Waals surface area contributed by atoms with Gasteiger partial charge in [-0.3, -0.25) is 14.4 Å². The van der Waals surface area contributed by atoms with Crippen LogP contribution >= 0.6 is 58.3 Å². The van der Waals surface area contributed by atoms with Crippen LogP contribution in [0.3, 0.4) is 0 Å². The number of carbonyl (C=O) groups excluding carboxylic acids is 2. The van der Waals surface area contributed by atoms with Gasteiger partial charge in [0.1, 0.15) is 12.6 Å². The Morgan fingerprint density at radius 3 is 2.49 bits per heavy atom. The number of ketones is 1. The van der Waals surface area contributed by atoms with Crippen LogP contribution in [0.4, 0.5) is 4.79 Å². The highest BCUT2D eigenvalue weighted by molar-refractivity contribution is 8.13. The number of rotatable bonds is 11. The summed E-state index contributed by atoms with van der Waals surface area (Å²) < 4.78 is 0. The fourth-order valence-corrected chi connectivity index (χ4v) is 5.11. The third-order valence-corrected chi connectivity index (χ3v) is 7.56. The number of carbonyl (C=O) groups is 3. The molecule has 0 fully saturated rings. The molecule has 2 N–H and O–H groups in total. The van der Waals surface area contributed by atoms with E-state index in [-0.39, 0.29) is 10.2 Å². The van der Waals surface area contributed by atoms with Crippen molar-refractivity contribution in [3.05, 3.63) is 63.1 Å². The van der Waals surface area contributed by atoms with Gasteiger partial charge in [0.15, 0.2) is 5.78 Å². The van der Waals surface area contributed by atoms with E-state index in [1.54, 1.807) is 12.1 Å². The lowest BCUT2D eigenvalue weighted by atomic mass is 10.1.